The summed E-state index contributed by atoms with van der Waals surface area (Å²) < 4.78 is 3.51. The zero-order valence-corrected chi connectivity index (χ0v) is 8.28. The molecule has 0 saturated carbocycles. The van der Waals surface area contributed by atoms with Gasteiger partial charge < -0.3 is 15.5 Å². The summed E-state index contributed by atoms with van der Waals surface area (Å²) in [5, 5.41) is 24.0. The number of nitriles is 1. The van der Waals surface area contributed by atoms with Crippen molar-refractivity contribution in [3.05, 3.63) is 36.8 Å². The fourth-order valence-corrected chi connectivity index (χ4v) is 0.770. The second-order valence-corrected chi connectivity index (χ2v) is 2.49. The van der Waals surface area contributed by atoms with Crippen LogP contribution in [0, 0.1) is 11.5 Å². The molecule has 6 heteroatoms. The summed E-state index contributed by atoms with van der Waals surface area (Å²) in [5.41, 5.74) is 0. The number of imidazole rings is 1. The molecule has 0 aromatic carbocycles. The van der Waals surface area contributed by atoms with Crippen LogP contribution in [-0.4, -0.2) is 15.7 Å². The van der Waals surface area contributed by atoms with E-state index in [1.807, 2.05) is 17.8 Å². The third-order valence-corrected chi connectivity index (χ3v) is 1.41. The summed E-state index contributed by atoms with van der Waals surface area (Å²) in [6.07, 6.45) is 7.57. The summed E-state index contributed by atoms with van der Waals surface area (Å²) in [6, 6.07) is 1.28. The number of aliphatic imine (C=N–C) groups is 1. The number of aliphatic hydroxyl groups is 1. The Bertz CT molecular complexity index is 397. The number of hydrogen-bond acceptors (Lipinski definition) is 3. The Morgan fingerprint density at radius 3 is 2.73 bits per heavy atom. The molecule has 0 amide bonds. The van der Waals surface area contributed by atoms with E-state index in [0.29, 0.717) is 0 Å². The van der Waals surface area contributed by atoms with Crippen LogP contribution in [0.15, 0.2) is 36.4 Å². The molecule has 1 unspecified atom stereocenters. The van der Waals surface area contributed by atoms with E-state index in [9.17, 15) is 5.11 Å². The van der Waals surface area contributed by atoms with Gasteiger partial charge in [0.2, 0.25) is 12.6 Å². The van der Waals surface area contributed by atoms with Crippen LogP contribution in [0.4, 0.5) is 0 Å². The quantitative estimate of drug-likeness (QED) is 0.323. The SMILES string of the molecule is C=CC(O)n1cc[n+](C)c1.N#CN=C=[N-]. The molecule has 1 rings (SSSR count). The summed E-state index contributed by atoms with van der Waals surface area (Å²) in [6.45, 7) is 3.47. The van der Waals surface area contributed by atoms with Gasteiger partial charge in [0, 0.05) is 0 Å². The molecule has 0 saturated heterocycles. The predicted molar refractivity (Wildman–Crippen MR) is 53.5 cm³/mol. The molecule has 0 bridgehead atoms. The number of hydrogen-bond donors (Lipinski definition) is 1. The average Bonchev–Trinajstić information content (AvgIpc) is 2.66. The van der Waals surface area contributed by atoms with Crippen LogP contribution < -0.4 is 4.57 Å². The normalized spacial score (nSPS) is 9.93. The molecular weight excluding hydrogens is 194 g/mol. The lowest BCUT2D eigenvalue weighted by atomic mass is 10.5. The highest BCUT2D eigenvalue weighted by molar-refractivity contribution is 5.46. The number of rotatable bonds is 2. The summed E-state index contributed by atoms with van der Waals surface area (Å²) in [7, 11) is 1.90. The van der Waals surface area contributed by atoms with Gasteiger partial charge in [-0.1, -0.05) is 6.58 Å². The summed E-state index contributed by atoms with van der Waals surface area (Å²) in [5.74, 6) is 0. The van der Waals surface area contributed by atoms with Gasteiger partial charge in [0.1, 0.15) is 12.4 Å². The van der Waals surface area contributed by atoms with Crippen molar-refractivity contribution in [3.63, 3.8) is 0 Å². The smallest absolute Gasteiger partial charge is 0.245 e. The lowest BCUT2D eigenvalue weighted by Gasteiger charge is -1.96. The highest BCUT2D eigenvalue weighted by Gasteiger charge is 2.05. The molecule has 0 aliphatic heterocycles. The Morgan fingerprint density at radius 1 is 1.80 bits per heavy atom. The first-order valence-corrected chi connectivity index (χ1v) is 3.97. The van der Waals surface area contributed by atoms with E-state index in [1.54, 1.807) is 17.1 Å². The molecule has 1 N–H and O–H groups in total. The fraction of sp³-hybridized carbons (Fsp3) is 0.222. The molecular formula is C9H11N5O. The lowest BCUT2D eigenvalue weighted by molar-refractivity contribution is -0.671. The maximum atomic E-state index is 9.17. The van der Waals surface area contributed by atoms with E-state index in [0.717, 1.165) is 0 Å². The Labute approximate surface area is 87.6 Å². The van der Waals surface area contributed by atoms with Gasteiger partial charge in [0.25, 0.3) is 0 Å². The van der Waals surface area contributed by atoms with Gasteiger partial charge in [-0.05, 0) is 6.08 Å². The zero-order chi connectivity index (χ0) is 11.7. The Kier molecular flexibility index (Phi) is 6.14. The fourth-order valence-electron chi connectivity index (χ4n) is 0.770. The van der Waals surface area contributed by atoms with Crippen molar-refractivity contribution in [2.24, 2.45) is 12.0 Å². The molecule has 0 spiro atoms. The molecule has 1 atom stereocenters. The van der Waals surface area contributed by atoms with Crippen LogP contribution in [-0.2, 0) is 7.05 Å². The minimum Gasteiger partial charge on any atom is -0.422 e. The predicted octanol–water partition coefficient (Wildman–Crippen LogP) is 0.200. The van der Waals surface area contributed by atoms with Crippen LogP contribution in [0.3, 0.4) is 0 Å². The van der Waals surface area contributed by atoms with E-state index in [2.05, 4.69) is 11.6 Å². The van der Waals surface area contributed by atoms with Crippen LogP contribution in [0.5, 0.6) is 0 Å². The van der Waals surface area contributed by atoms with Crippen molar-refractivity contribution >= 4 is 6.01 Å². The minimum absolute atomic E-state index is 0.610. The van der Waals surface area contributed by atoms with Crippen molar-refractivity contribution in [2.45, 2.75) is 6.23 Å². The molecule has 1 heterocycles. The molecule has 1 aromatic heterocycles. The third kappa shape index (κ3) is 5.16. The van der Waals surface area contributed by atoms with Crippen molar-refractivity contribution in [1.29, 1.82) is 5.26 Å². The highest BCUT2D eigenvalue weighted by atomic mass is 16.3. The van der Waals surface area contributed by atoms with E-state index in [4.69, 9.17) is 10.7 Å². The number of aryl methyl sites for hydroxylation is 1. The van der Waals surface area contributed by atoms with E-state index in [1.165, 1.54) is 18.3 Å². The molecule has 15 heavy (non-hydrogen) atoms. The van der Waals surface area contributed by atoms with Crippen LogP contribution >= 0.6 is 0 Å². The van der Waals surface area contributed by atoms with Crippen LogP contribution in [0.25, 0.3) is 5.41 Å². The molecule has 0 aliphatic rings. The Balaban J connectivity index is 0.000000336. The molecule has 0 fully saturated rings. The van der Waals surface area contributed by atoms with Gasteiger partial charge in [-0.15, -0.1) is 6.01 Å². The lowest BCUT2D eigenvalue weighted by Crippen LogP contribution is -2.24. The van der Waals surface area contributed by atoms with Gasteiger partial charge in [-0.2, -0.15) is 5.26 Å². The van der Waals surface area contributed by atoms with Crippen LogP contribution in [0.2, 0.25) is 0 Å². The van der Waals surface area contributed by atoms with E-state index < -0.39 is 6.23 Å². The first kappa shape index (κ1) is 12.8. The average molecular weight is 205 g/mol. The molecule has 0 aliphatic carbocycles. The van der Waals surface area contributed by atoms with E-state index >= 15 is 0 Å². The first-order chi connectivity index (χ1) is 7.15. The minimum atomic E-state index is -0.610. The zero-order valence-electron chi connectivity index (χ0n) is 8.28. The van der Waals surface area contributed by atoms with Crippen molar-refractivity contribution in [1.82, 2.24) is 4.57 Å². The third-order valence-electron chi connectivity index (χ3n) is 1.41. The van der Waals surface area contributed by atoms with Gasteiger partial charge >= 0.3 is 0 Å². The van der Waals surface area contributed by atoms with Crippen molar-refractivity contribution in [2.75, 3.05) is 0 Å². The number of nitrogens with zero attached hydrogens (tertiary/aromatic N) is 5. The molecule has 6 nitrogen and oxygen atoms in total. The topological polar surface area (TPSA) is 87.5 Å². The highest BCUT2D eigenvalue weighted by Crippen LogP contribution is 1.98. The van der Waals surface area contributed by atoms with Gasteiger partial charge in [0.15, 0.2) is 0 Å². The standard InChI is InChI=1S/C7H11N2O.C2N3/c1-3-7(10)9-5-4-8(2)6-9;3-1-5-2-4/h3-7,10H,1H2,2H3;/q+1;-1. The van der Waals surface area contributed by atoms with Gasteiger partial charge in [0.05, 0.1) is 13.2 Å². The number of aromatic nitrogens is 2. The second-order valence-electron chi connectivity index (χ2n) is 2.49. The molecule has 1 aromatic rings. The van der Waals surface area contributed by atoms with Crippen molar-refractivity contribution < 1.29 is 9.67 Å². The maximum Gasteiger partial charge on any atom is 0.245 e. The molecule has 0 radical (unpaired) electrons. The summed E-state index contributed by atoms with van der Waals surface area (Å²) in [4.78, 5) is 2.58. The Hall–Kier alpha value is -2.22. The second kappa shape index (κ2) is 7.21. The van der Waals surface area contributed by atoms with Gasteiger partial charge in [-0.25, -0.2) is 9.13 Å². The van der Waals surface area contributed by atoms with Gasteiger partial charge in [-0.3, -0.25) is 0 Å². The molecule has 78 valence electrons. The monoisotopic (exact) mass is 205 g/mol. The summed E-state index contributed by atoms with van der Waals surface area (Å²) >= 11 is 0. The van der Waals surface area contributed by atoms with E-state index in [-0.39, 0.29) is 0 Å². The number of aliphatic hydroxyl groups excluding tert-OH is 1. The Morgan fingerprint density at radius 2 is 2.47 bits per heavy atom. The van der Waals surface area contributed by atoms with Crippen LogP contribution in [0.1, 0.15) is 6.23 Å². The maximum absolute atomic E-state index is 9.17. The largest absolute Gasteiger partial charge is 0.422 e. The van der Waals surface area contributed by atoms with Crippen molar-refractivity contribution in [3.8, 4) is 6.19 Å². The first-order valence-electron chi connectivity index (χ1n) is 3.97.